The number of carbonyl (C=O) groups excluding carboxylic acids is 1. The highest BCUT2D eigenvalue weighted by Gasteiger charge is 2.25. The molecule has 1 saturated heterocycles. The molecule has 2 aromatic rings. The van der Waals surface area contributed by atoms with Gasteiger partial charge in [0.15, 0.2) is 5.65 Å². The largest absolute Gasteiger partial charge is 0.347 e. The van der Waals surface area contributed by atoms with Crippen LogP contribution in [0.3, 0.4) is 0 Å². The first-order chi connectivity index (χ1) is 7.88. The average molecular weight is 216 g/mol. The number of aldehydes is 1. The summed E-state index contributed by atoms with van der Waals surface area (Å²) in [6, 6.07) is 3.75. The molecule has 5 nitrogen and oxygen atoms in total. The van der Waals surface area contributed by atoms with Crippen molar-refractivity contribution in [1.29, 1.82) is 0 Å². The highest BCUT2D eigenvalue weighted by atomic mass is 16.1. The zero-order valence-electron chi connectivity index (χ0n) is 8.78. The van der Waals surface area contributed by atoms with E-state index in [1.54, 1.807) is 10.7 Å². The van der Waals surface area contributed by atoms with E-state index in [9.17, 15) is 4.79 Å². The zero-order chi connectivity index (χ0) is 11.0. The molecule has 1 aliphatic heterocycles. The first-order valence-corrected chi connectivity index (χ1v) is 5.41. The van der Waals surface area contributed by atoms with Crippen molar-refractivity contribution in [2.24, 2.45) is 0 Å². The molecule has 0 saturated carbocycles. The molecule has 16 heavy (non-hydrogen) atoms. The Labute approximate surface area is 92.7 Å². The average Bonchev–Trinajstić information content (AvgIpc) is 2.96. The Bertz CT molecular complexity index is 521. The molecule has 0 radical (unpaired) electrons. The molecule has 3 heterocycles. The van der Waals surface area contributed by atoms with Crippen LogP contribution in [-0.2, 0) is 4.79 Å². The molecule has 1 atom stereocenters. The van der Waals surface area contributed by atoms with E-state index in [0.717, 1.165) is 37.1 Å². The van der Waals surface area contributed by atoms with Gasteiger partial charge in [-0.2, -0.15) is 5.10 Å². The van der Waals surface area contributed by atoms with Crippen molar-refractivity contribution in [3.8, 4) is 0 Å². The van der Waals surface area contributed by atoms with E-state index in [1.165, 1.54) is 0 Å². The third-order valence-corrected chi connectivity index (χ3v) is 2.99. The van der Waals surface area contributed by atoms with Gasteiger partial charge in [0.05, 0.1) is 12.2 Å². The summed E-state index contributed by atoms with van der Waals surface area (Å²) in [4.78, 5) is 17.5. The van der Waals surface area contributed by atoms with Gasteiger partial charge in [-0.1, -0.05) is 0 Å². The SMILES string of the molecule is O=CC1CCCN1c1ccn2nccc2n1. The van der Waals surface area contributed by atoms with Gasteiger partial charge in [0.2, 0.25) is 0 Å². The minimum absolute atomic E-state index is 0.0159. The third kappa shape index (κ3) is 1.36. The van der Waals surface area contributed by atoms with Crippen LogP contribution in [0.4, 0.5) is 5.82 Å². The zero-order valence-corrected chi connectivity index (χ0v) is 8.78. The fourth-order valence-electron chi connectivity index (χ4n) is 2.18. The van der Waals surface area contributed by atoms with Gasteiger partial charge < -0.3 is 9.69 Å². The lowest BCUT2D eigenvalue weighted by Gasteiger charge is -2.21. The predicted octanol–water partition coefficient (Wildman–Crippen LogP) is 0.897. The number of nitrogens with zero attached hydrogens (tertiary/aromatic N) is 4. The molecule has 0 spiro atoms. The number of hydrogen-bond acceptors (Lipinski definition) is 4. The maximum Gasteiger partial charge on any atom is 0.157 e. The lowest BCUT2D eigenvalue weighted by atomic mass is 10.2. The molecule has 3 rings (SSSR count). The van der Waals surface area contributed by atoms with E-state index in [1.807, 2.05) is 18.3 Å². The number of aromatic nitrogens is 3. The maximum atomic E-state index is 10.9. The summed E-state index contributed by atoms with van der Waals surface area (Å²) in [5.41, 5.74) is 0.814. The summed E-state index contributed by atoms with van der Waals surface area (Å²) in [5, 5.41) is 4.09. The van der Waals surface area contributed by atoms with Crippen molar-refractivity contribution in [2.45, 2.75) is 18.9 Å². The molecule has 5 heteroatoms. The van der Waals surface area contributed by atoms with Crippen LogP contribution in [0.5, 0.6) is 0 Å². The fraction of sp³-hybridized carbons (Fsp3) is 0.364. The Kier molecular flexibility index (Phi) is 2.09. The molecule has 82 valence electrons. The molecule has 1 unspecified atom stereocenters. The highest BCUT2D eigenvalue weighted by molar-refractivity contribution is 5.66. The number of fused-ring (bicyclic) bond motifs is 1. The van der Waals surface area contributed by atoms with E-state index >= 15 is 0 Å². The summed E-state index contributed by atoms with van der Waals surface area (Å²) in [5.74, 6) is 0.864. The Morgan fingerprint density at radius 1 is 1.44 bits per heavy atom. The van der Waals surface area contributed by atoms with Crippen molar-refractivity contribution in [3.63, 3.8) is 0 Å². The van der Waals surface area contributed by atoms with Crippen LogP contribution in [0.15, 0.2) is 24.5 Å². The van der Waals surface area contributed by atoms with Gasteiger partial charge >= 0.3 is 0 Å². The Balaban J connectivity index is 2.01. The molecular weight excluding hydrogens is 204 g/mol. The van der Waals surface area contributed by atoms with E-state index in [-0.39, 0.29) is 6.04 Å². The first-order valence-electron chi connectivity index (χ1n) is 5.41. The van der Waals surface area contributed by atoms with Gasteiger partial charge in [0.25, 0.3) is 0 Å². The second kappa shape index (κ2) is 3.59. The van der Waals surface area contributed by atoms with Crippen LogP contribution in [0.2, 0.25) is 0 Å². The molecule has 0 amide bonds. The van der Waals surface area contributed by atoms with Crippen molar-refractivity contribution < 1.29 is 4.79 Å². The van der Waals surface area contributed by atoms with Crippen molar-refractivity contribution >= 4 is 17.8 Å². The van der Waals surface area contributed by atoms with E-state index < -0.39 is 0 Å². The first kappa shape index (κ1) is 9.33. The minimum Gasteiger partial charge on any atom is -0.347 e. The van der Waals surface area contributed by atoms with Crippen LogP contribution >= 0.6 is 0 Å². The van der Waals surface area contributed by atoms with Crippen molar-refractivity contribution in [1.82, 2.24) is 14.6 Å². The quantitative estimate of drug-likeness (QED) is 0.700. The number of rotatable bonds is 2. The summed E-state index contributed by atoms with van der Waals surface area (Å²) >= 11 is 0. The second-order valence-corrected chi connectivity index (χ2v) is 3.96. The highest BCUT2D eigenvalue weighted by Crippen LogP contribution is 2.22. The van der Waals surface area contributed by atoms with Gasteiger partial charge in [-0.05, 0) is 18.9 Å². The molecule has 0 aliphatic carbocycles. The normalized spacial score (nSPS) is 20.5. The van der Waals surface area contributed by atoms with Crippen LogP contribution in [0.1, 0.15) is 12.8 Å². The van der Waals surface area contributed by atoms with Gasteiger partial charge in [-0.25, -0.2) is 9.50 Å². The van der Waals surface area contributed by atoms with Gasteiger partial charge in [-0.15, -0.1) is 0 Å². The Hall–Kier alpha value is -1.91. The smallest absolute Gasteiger partial charge is 0.157 e. The Morgan fingerprint density at radius 3 is 3.25 bits per heavy atom. The van der Waals surface area contributed by atoms with Gasteiger partial charge in [0.1, 0.15) is 12.1 Å². The molecular formula is C11H12N4O. The topological polar surface area (TPSA) is 50.5 Å². The second-order valence-electron chi connectivity index (χ2n) is 3.96. The molecule has 1 aliphatic rings. The van der Waals surface area contributed by atoms with Gasteiger partial charge in [-0.3, -0.25) is 0 Å². The summed E-state index contributed by atoms with van der Waals surface area (Å²) < 4.78 is 1.72. The summed E-state index contributed by atoms with van der Waals surface area (Å²) in [7, 11) is 0. The van der Waals surface area contributed by atoms with Crippen molar-refractivity contribution in [3.05, 3.63) is 24.5 Å². The van der Waals surface area contributed by atoms with Crippen LogP contribution in [0.25, 0.3) is 5.65 Å². The summed E-state index contributed by atoms with van der Waals surface area (Å²) in [6.07, 6.45) is 6.57. The van der Waals surface area contributed by atoms with Crippen LogP contribution < -0.4 is 4.90 Å². The third-order valence-electron chi connectivity index (χ3n) is 2.99. The monoisotopic (exact) mass is 216 g/mol. The minimum atomic E-state index is -0.0159. The maximum absolute atomic E-state index is 10.9. The standard InChI is InChI=1S/C11H12N4O/c16-8-9-2-1-6-14(9)10-4-7-15-11(13-10)3-5-12-15/h3-5,7-9H,1-2,6H2. The molecule has 1 fully saturated rings. The lowest BCUT2D eigenvalue weighted by Crippen LogP contribution is -2.31. The molecule has 0 N–H and O–H groups in total. The Morgan fingerprint density at radius 2 is 2.38 bits per heavy atom. The number of anilines is 1. The summed E-state index contributed by atoms with van der Waals surface area (Å²) in [6.45, 7) is 0.903. The number of carbonyl (C=O) groups is 1. The van der Waals surface area contributed by atoms with Crippen LogP contribution in [0, 0.1) is 0 Å². The lowest BCUT2D eigenvalue weighted by molar-refractivity contribution is -0.108. The van der Waals surface area contributed by atoms with Crippen LogP contribution in [-0.4, -0.2) is 33.5 Å². The van der Waals surface area contributed by atoms with E-state index in [0.29, 0.717) is 0 Å². The number of hydrogen-bond donors (Lipinski definition) is 0. The van der Waals surface area contributed by atoms with Gasteiger partial charge in [0, 0.05) is 18.8 Å². The fourth-order valence-corrected chi connectivity index (χ4v) is 2.18. The predicted molar refractivity (Wildman–Crippen MR) is 59.4 cm³/mol. The van der Waals surface area contributed by atoms with Crippen molar-refractivity contribution in [2.75, 3.05) is 11.4 Å². The molecule has 2 aromatic heterocycles. The van der Waals surface area contributed by atoms with E-state index in [2.05, 4.69) is 15.0 Å². The van der Waals surface area contributed by atoms with E-state index in [4.69, 9.17) is 0 Å². The molecule has 0 aromatic carbocycles. The molecule has 0 bridgehead atoms.